The number of carboxylic acid groups (broad SMARTS) is 1. The summed E-state index contributed by atoms with van der Waals surface area (Å²) >= 11 is 2.15. The zero-order valence-corrected chi connectivity index (χ0v) is 18.0. The summed E-state index contributed by atoms with van der Waals surface area (Å²) in [4.78, 5) is 25.7. The van der Waals surface area contributed by atoms with Crippen LogP contribution in [-0.4, -0.2) is 33.5 Å². The van der Waals surface area contributed by atoms with E-state index in [0.717, 1.165) is 12.8 Å². The Balaban J connectivity index is 0.00000163. The Morgan fingerprint density at radius 3 is 2.58 bits per heavy atom. The molecule has 6 heteroatoms. The number of allylic oxidation sites excluding steroid dienone is 2. The molecular formula is C20H31IN2O3. The molecule has 0 spiro atoms. The summed E-state index contributed by atoms with van der Waals surface area (Å²) in [5, 5.41) is 12.2. The molecule has 4 N–H and O–H groups in total. The van der Waals surface area contributed by atoms with Crippen molar-refractivity contribution in [3.05, 3.63) is 36.0 Å². The van der Waals surface area contributed by atoms with Crippen LogP contribution >= 0.6 is 22.6 Å². The van der Waals surface area contributed by atoms with Crippen LogP contribution in [-0.2, 0) is 9.59 Å². The van der Waals surface area contributed by atoms with Crippen molar-refractivity contribution >= 4 is 34.5 Å². The summed E-state index contributed by atoms with van der Waals surface area (Å²) in [7, 11) is 0. The van der Waals surface area contributed by atoms with Crippen molar-refractivity contribution in [1.82, 2.24) is 5.32 Å². The number of hydrogen-bond donors (Lipinski definition) is 3. The number of nitrogens with one attached hydrogen (secondary N) is 1. The highest BCUT2D eigenvalue weighted by Gasteiger charge is 2.25. The van der Waals surface area contributed by atoms with Gasteiger partial charge in [0.25, 0.3) is 5.91 Å². The van der Waals surface area contributed by atoms with Crippen molar-refractivity contribution in [2.24, 2.45) is 17.6 Å². The molecule has 0 radical (unpaired) electrons. The Hall–Kier alpha value is -1.15. The standard InChI is InChI=1S/C19H28N2O3.CH3I/c1-13-6-7-15(12-19(2,20)11-10-13)17(22)21-16-5-3-4-14(8-9-16)18(23)24;1-2/h6-7,10-14,16H,3-5,8-9,20H2,1-2H3,(H,21,22)(H,23,24);1H3/b7-6-,11-10-,15-12+;. The highest BCUT2D eigenvalue weighted by molar-refractivity contribution is 14.1. The van der Waals surface area contributed by atoms with E-state index in [4.69, 9.17) is 10.8 Å². The molecule has 146 valence electrons. The van der Waals surface area contributed by atoms with Crippen LogP contribution in [0.3, 0.4) is 0 Å². The predicted molar refractivity (Wildman–Crippen MR) is 114 cm³/mol. The van der Waals surface area contributed by atoms with Crippen LogP contribution in [0.2, 0.25) is 0 Å². The molecule has 5 nitrogen and oxygen atoms in total. The molecule has 2 aliphatic carbocycles. The molecule has 1 saturated carbocycles. The van der Waals surface area contributed by atoms with Gasteiger partial charge in [0.1, 0.15) is 0 Å². The first-order chi connectivity index (χ1) is 12.3. The highest BCUT2D eigenvalue weighted by Crippen LogP contribution is 2.24. The summed E-state index contributed by atoms with van der Waals surface area (Å²) < 4.78 is 0. The lowest BCUT2D eigenvalue weighted by molar-refractivity contribution is -0.142. The SMILES string of the molecule is CC1/C=C\C(C(=O)NC2CCCC(C(=O)O)CC2)=C/C(C)(N)/C=C\1.CI. The number of halogens is 1. The lowest BCUT2D eigenvalue weighted by Gasteiger charge is -2.21. The fourth-order valence-corrected chi connectivity index (χ4v) is 3.21. The quantitative estimate of drug-likeness (QED) is 0.252. The topological polar surface area (TPSA) is 92.4 Å². The van der Waals surface area contributed by atoms with Crippen LogP contribution < -0.4 is 11.1 Å². The Labute approximate surface area is 170 Å². The zero-order chi connectivity index (χ0) is 19.7. The Kier molecular flexibility index (Phi) is 9.57. The minimum absolute atomic E-state index is 0.0265. The number of aliphatic carboxylic acids is 1. The van der Waals surface area contributed by atoms with Crippen molar-refractivity contribution in [2.45, 2.75) is 57.5 Å². The van der Waals surface area contributed by atoms with Gasteiger partial charge in [0, 0.05) is 11.6 Å². The second kappa shape index (κ2) is 10.9. The van der Waals surface area contributed by atoms with Crippen LogP contribution in [0.25, 0.3) is 0 Å². The van der Waals surface area contributed by atoms with E-state index in [1.165, 1.54) is 0 Å². The fraction of sp³-hybridized carbons (Fsp3) is 0.600. The summed E-state index contributed by atoms with van der Waals surface area (Å²) in [6.45, 7) is 3.91. The number of amides is 1. The van der Waals surface area contributed by atoms with Crippen LogP contribution in [0, 0.1) is 11.8 Å². The highest BCUT2D eigenvalue weighted by atomic mass is 127. The van der Waals surface area contributed by atoms with Crippen molar-refractivity contribution in [1.29, 1.82) is 0 Å². The minimum Gasteiger partial charge on any atom is -0.481 e. The van der Waals surface area contributed by atoms with Crippen LogP contribution in [0.4, 0.5) is 0 Å². The minimum atomic E-state index is -0.729. The number of hydrogen-bond acceptors (Lipinski definition) is 3. The third-order valence-corrected chi connectivity index (χ3v) is 4.72. The molecule has 2 aliphatic rings. The summed E-state index contributed by atoms with van der Waals surface area (Å²) in [5.41, 5.74) is 6.11. The van der Waals surface area contributed by atoms with Gasteiger partial charge in [-0.1, -0.05) is 60.2 Å². The van der Waals surface area contributed by atoms with Crippen molar-refractivity contribution in [3.8, 4) is 0 Å². The van der Waals surface area contributed by atoms with Gasteiger partial charge < -0.3 is 16.2 Å². The normalized spacial score (nSPS) is 35.9. The molecule has 0 heterocycles. The fourth-order valence-electron chi connectivity index (χ4n) is 3.21. The van der Waals surface area contributed by atoms with Crippen LogP contribution in [0.1, 0.15) is 46.0 Å². The van der Waals surface area contributed by atoms with E-state index in [1.807, 2.05) is 43.1 Å². The molecule has 4 atom stereocenters. The van der Waals surface area contributed by atoms with Gasteiger partial charge in [0.05, 0.1) is 11.5 Å². The van der Waals surface area contributed by atoms with Gasteiger partial charge >= 0.3 is 5.97 Å². The maximum Gasteiger partial charge on any atom is 0.306 e. The first kappa shape index (κ1) is 22.9. The molecule has 0 aromatic carbocycles. The van der Waals surface area contributed by atoms with Gasteiger partial charge in [-0.25, -0.2) is 0 Å². The van der Waals surface area contributed by atoms with Crippen molar-refractivity contribution < 1.29 is 14.7 Å². The lowest BCUT2D eigenvalue weighted by Crippen LogP contribution is -2.38. The van der Waals surface area contributed by atoms with Gasteiger partial charge in [0.2, 0.25) is 0 Å². The van der Waals surface area contributed by atoms with E-state index < -0.39 is 11.5 Å². The number of nitrogens with two attached hydrogens (primary N) is 1. The first-order valence-corrected chi connectivity index (χ1v) is 11.2. The average Bonchev–Trinajstić information content (AvgIpc) is 2.83. The van der Waals surface area contributed by atoms with E-state index >= 15 is 0 Å². The Morgan fingerprint density at radius 2 is 1.92 bits per heavy atom. The Bertz CT molecular complexity index is 582. The van der Waals surface area contributed by atoms with Crippen LogP contribution in [0.15, 0.2) is 36.0 Å². The number of rotatable bonds is 3. The molecule has 2 rings (SSSR count). The molecule has 0 aromatic rings. The average molecular weight is 474 g/mol. The van der Waals surface area contributed by atoms with Gasteiger partial charge in [0.15, 0.2) is 0 Å². The monoisotopic (exact) mass is 474 g/mol. The largest absolute Gasteiger partial charge is 0.481 e. The van der Waals surface area contributed by atoms with E-state index in [0.29, 0.717) is 24.8 Å². The predicted octanol–water partition coefficient (Wildman–Crippen LogP) is 3.59. The van der Waals surface area contributed by atoms with Gasteiger partial charge in [-0.3, -0.25) is 9.59 Å². The van der Waals surface area contributed by atoms with Gasteiger partial charge in [-0.2, -0.15) is 0 Å². The van der Waals surface area contributed by atoms with E-state index in [-0.39, 0.29) is 23.8 Å². The smallest absolute Gasteiger partial charge is 0.306 e. The number of alkyl halides is 1. The van der Waals surface area contributed by atoms with Gasteiger partial charge in [-0.15, -0.1) is 0 Å². The molecule has 1 amide bonds. The van der Waals surface area contributed by atoms with Crippen molar-refractivity contribution in [2.75, 3.05) is 4.93 Å². The first-order valence-electron chi connectivity index (χ1n) is 9.07. The molecular weight excluding hydrogens is 443 g/mol. The molecule has 0 aromatic heterocycles. The van der Waals surface area contributed by atoms with E-state index in [1.54, 1.807) is 6.08 Å². The van der Waals surface area contributed by atoms with Gasteiger partial charge in [-0.05, 0) is 49.5 Å². The Morgan fingerprint density at radius 1 is 1.23 bits per heavy atom. The molecule has 0 bridgehead atoms. The molecule has 4 unspecified atom stereocenters. The third-order valence-electron chi connectivity index (χ3n) is 4.72. The number of carboxylic acids is 1. The number of carbonyl (C=O) groups excluding carboxylic acids is 1. The lowest BCUT2D eigenvalue weighted by atomic mass is 9.93. The third kappa shape index (κ3) is 7.61. The summed E-state index contributed by atoms with van der Waals surface area (Å²) in [6.07, 6.45) is 13.2. The maximum absolute atomic E-state index is 12.6. The summed E-state index contributed by atoms with van der Waals surface area (Å²) in [5.74, 6) is -0.930. The molecule has 1 fully saturated rings. The molecule has 0 saturated heterocycles. The summed E-state index contributed by atoms with van der Waals surface area (Å²) in [6, 6.07) is 0.0265. The maximum atomic E-state index is 12.6. The molecule has 26 heavy (non-hydrogen) atoms. The number of carbonyl (C=O) groups is 2. The van der Waals surface area contributed by atoms with Crippen molar-refractivity contribution in [3.63, 3.8) is 0 Å². The zero-order valence-electron chi connectivity index (χ0n) is 15.9. The van der Waals surface area contributed by atoms with E-state index in [2.05, 4.69) is 27.9 Å². The van der Waals surface area contributed by atoms with E-state index in [9.17, 15) is 9.59 Å². The van der Waals surface area contributed by atoms with Crippen LogP contribution in [0.5, 0.6) is 0 Å². The second-order valence-electron chi connectivity index (χ2n) is 7.26. The second-order valence-corrected chi connectivity index (χ2v) is 7.26. The molecule has 0 aliphatic heterocycles.